The van der Waals surface area contributed by atoms with E-state index in [2.05, 4.69) is 4.99 Å². The van der Waals surface area contributed by atoms with E-state index in [1.807, 2.05) is 6.20 Å². The molecule has 0 radical (unpaired) electrons. The second kappa shape index (κ2) is 8.65. The summed E-state index contributed by atoms with van der Waals surface area (Å²) in [5.74, 6) is 1.03. The average molecular weight is 242 g/mol. The smallest absolute Gasteiger partial charge is 0.158 e. The van der Waals surface area contributed by atoms with Crippen LogP contribution in [-0.2, 0) is 4.74 Å². The molecule has 0 aromatic heterocycles. The van der Waals surface area contributed by atoms with Crippen LogP contribution in [0.15, 0.2) is 16.8 Å². The van der Waals surface area contributed by atoms with Gasteiger partial charge in [-0.25, -0.2) is 4.99 Å². The predicted molar refractivity (Wildman–Crippen MR) is 71.7 cm³/mol. The molecule has 0 fully saturated rings. The second-order valence-corrected chi connectivity index (χ2v) is 5.05. The largest absolute Gasteiger partial charge is 0.385 e. The Morgan fingerprint density at radius 2 is 2.06 bits per heavy atom. The maximum absolute atomic E-state index is 5.58. The maximum Gasteiger partial charge on any atom is 0.158 e. The van der Waals surface area contributed by atoms with Crippen LogP contribution in [0.25, 0.3) is 0 Å². The summed E-state index contributed by atoms with van der Waals surface area (Å²) in [5.41, 5.74) is 7.00. The molecule has 1 aliphatic heterocycles. The number of amidine groups is 1. The first-order valence-corrected chi connectivity index (χ1v) is 6.94. The van der Waals surface area contributed by atoms with Crippen molar-refractivity contribution in [3.05, 3.63) is 11.8 Å². The highest BCUT2D eigenvalue weighted by molar-refractivity contribution is 8.14. The van der Waals surface area contributed by atoms with Crippen LogP contribution in [0.4, 0.5) is 0 Å². The first-order valence-electron chi connectivity index (χ1n) is 5.96. The third-order valence-corrected chi connectivity index (χ3v) is 3.54. The van der Waals surface area contributed by atoms with E-state index in [-0.39, 0.29) is 0 Å². The van der Waals surface area contributed by atoms with E-state index in [0.717, 1.165) is 12.4 Å². The molecule has 3 nitrogen and oxygen atoms in total. The summed E-state index contributed by atoms with van der Waals surface area (Å²) < 4.78 is 5.02. The van der Waals surface area contributed by atoms with Crippen LogP contribution in [0.2, 0.25) is 0 Å². The van der Waals surface area contributed by atoms with Crippen molar-refractivity contribution in [1.82, 2.24) is 0 Å². The number of nitrogens with zero attached hydrogens (tertiary/aromatic N) is 1. The number of hydrogen-bond acceptors (Lipinski definition) is 4. The van der Waals surface area contributed by atoms with Crippen LogP contribution < -0.4 is 5.73 Å². The quantitative estimate of drug-likeness (QED) is 0.666. The monoisotopic (exact) mass is 242 g/mol. The van der Waals surface area contributed by atoms with Crippen LogP contribution in [0.1, 0.15) is 38.5 Å². The molecule has 0 aromatic carbocycles. The Labute approximate surface area is 103 Å². The summed E-state index contributed by atoms with van der Waals surface area (Å²) >= 11 is 1.64. The lowest BCUT2D eigenvalue weighted by atomic mass is 10.1. The van der Waals surface area contributed by atoms with Crippen molar-refractivity contribution in [2.45, 2.75) is 38.5 Å². The third-order valence-electron chi connectivity index (χ3n) is 2.63. The molecule has 0 amide bonds. The number of thioether (sulfide) groups is 1. The summed E-state index contributed by atoms with van der Waals surface area (Å²) in [7, 11) is 1.76. The molecular weight excluding hydrogens is 220 g/mol. The molecule has 1 heterocycles. The summed E-state index contributed by atoms with van der Waals surface area (Å²) in [4.78, 5) is 4.13. The number of hydrogen-bond donors (Lipinski definition) is 1. The zero-order valence-electron chi connectivity index (χ0n) is 10.1. The molecular formula is C12H22N2OS. The van der Waals surface area contributed by atoms with Gasteiger partial charge in [0, 0.05) is 25.7 Å². The number of methoxy groups -OCH3 is 1. The molecule has 0 spiro atoms. The molecule has 0 atom stereocenters. The fraction of sp³-hybridized carbons (Fsp3) is 0.750. The molecule has 92 valence electrons. The highest BCUT2D eigenvalue weighted by Gasteiger charge is 2.04. The van der Waals surface area contributed by atoms with E-state index in [1.54, 1.807) is 18.9 Å². The Bertz CT molecular complexity index is 251. The second-order valence-electron chi connectivity index (χ2n) is 4.05. The predicted octanol–water partition coefficient (Wildman–Crippen LogP) is 2.92. The first kappa shape index (κ1) is 13.6. The molecule has 0 aromatic rings. The van der Waals surface area contributed by atoms with Gasteiger partial charge in [0.15, 0.2) is 5.17 Å². The standard InChI is InChI=1S/C12H22N2OS/c1-15-8-6-4-2-3-5-7-11-9-14-12(13)16-10-11/h9H,2-8,10H2,1H3,(H2,13,14). The zero-order valence-corrected chi connectivity index (χ0v) is 10.9. The fourth-order valence-electron chi connectivity index (χ4n) is 1.66. The van der Waals surface area contributed by atoms with Gasteiger partial charge in [-0.3, -0.25) is 0 Å². The molecule has 1 rings (SSSR count). The SMILES string of the molecule is COCCCCCCCC1=CN=C(N)SC1. The Kier molecular flexibility index (Phi) is 7.34. The lowest BCUT2D eigenvalue weighted by molar-refractivity contribution is 0.192. The van der Waals surface area contributed by atoms with Crippen LogP contribution in [0.5, 0.6) is 0 Å². The fourth-order valence-corrected chi connectivity index (χ4v) is 2.34. The van der Waals surface area contributed by atoms with Crippen molar-refractivity contribution in [2.24, 2.45) is 10.7 Å². The van der Waals surface area contributed by atoms with E-state index in [9.17, 15) is 0 Å². The maximum atomic E-state index is 5.58. The number of unbranched alkanes of at least 4 members (excludes halogenated alkanes) is 4. The molecule has 0 bridgehead atoms. The Morgan fingerprint density at radius 1 is 1.31 bits per heavy atom. The van der Waals surface area contributed by atoms with Crippen molar-refractivity contribution in [1.29, 1.82) is 0 Å². The van der Waals surface area contributed by atoms with Gasteiger partial charge < -0.3 is 10.5 Å². The highest BCUT2D eigenvalue weighted by Crippen LogP contribution is 2.19. The first-order chi connectivity index (χ1) is 7.83. The Hall–Kier alpha value is -0.480. The van der Waals surface area contributed by atoms with E-state index in [1.165, 1.54) is 44.1 Å². The molecule has 4 heteroatoms. The minimum absolute atomic E-state index is 0.698. The van der Waals surface area contributed by atoms with E-state index < -0.39 is 0 Å². The molecule has 0 saturated heterocycles. The molecule has 16 heavy (non-hydrogen) atoms. The van der Waals surface area contributed by atoms with Gasteiger partial charge in [0.25, 0.3) is 0 Å². The van der Waals surface area contributed by atoms with Crippen LogP contribution >= 0.6 is 11.8 Å². The third kappa shape index (κ3) is 6.18. The number of ether oxygens (including phenoxy) is 1. The van der Waals surface area contributed by atoms with Gasteiger partial charge in [-0.1, -0.05) is 31.0 Å². The van der Waals surface area contributed by atoms with Crippen LogP contribution in [-0.4, -0.2) is 24.6 Å². The summed E-state index contributed by atoms with van der Waals surface area (Å²) in [5, 5.41) is 0.698. The van der Waals surface area contributed by atoms with Crippen LogP contribution in [0, 0.1) is 0 Å². The van der Waals surface area contributed by atoms with Gasteiger partial charge in [0.2, 0.25) is 0 Å². The molecule has 2 N–H and O–H groups in total. The molecule has 0 aliphatic carbocycles. The Balaban J connectivity index is 1.95. The van der Waals surface area contributed by atoms with Gasteiger partial charge in [-0.05, 0) is 24.8 Å². The lowest BCUT2D eigenvalue weighted by Gasteiger charge is -2.10. The number of aliphatic imine (C=N–C) groups is 1. The Morgan fingerprint density at radius 3 is 2.75 bits per heavy atom. The van der Waals surface area contributed by atoms with E-state index >= 15 is 0 Å². The van der Waals surface area contributed by atoms with Gasteiger partial charge in [-0.2, -0.15) is 0 Å². The van der Waals surface area contributed by atoms with Crippen molar-refractivity contribution in [3.63, 3.8) is 0 Å². The van der Waals surface area contributed by atoms with Gasteiger partial charge in [0.1, 0.15) is 0 Å². The molecule has 1 aliphatic rings. The normalized spacial score (nSPS) is 15.8. The lowest BCUT2D eigenvalue weighted by Crippen LogP contribution is -2.10. The minimum Gasteiger partial charge on any atom is -0.385 e. The van der Waals surface area contributed by atoms with Crippen molar-refractivity contribution in [3.8, 4) is 0 Å². The summed E-state index contributed by atoms with van der Waals surface area (Å²) in [6, 6.07) is 0. The average Bonchev–Trinajstić information content (AvgIpc) is 2.30. The van der Waals surface area contributed by atoms with E-state index in [4.69, 9.17) is 10.5 Å². The zero-order chi connectivity index (χ0) is 11.6. The summed E-state index contributed by atoms with van der Waals surface area (Å²) in [6.07, 6.45) is 9.49. The topological polar surface area (TPSA) is 47.6 Å². The van der Waals surface area contributed by atoms with Gasteiger partial charge >= 0.3 is 0 Å². The van der Waals surface area contributed by atoms with Crippen molar-refractivity contribution < 1.29 is 4.74 Å². The number of rotatable bonds is 8. The molecule has 0 saturated carbocycles. The minimum atomic E-state index is 0.698. The van der Waals surface area contributed by atoms with Gasteiger partial charge in [-0.15, -0.1) is 0 Å². The number of nitrogens with two attached hydrogens (primary N) is 1. The van der Waals surface area contributed by atoms with Crippen LogP contribution in [0.3, 0.4) is 0 Å². The summed E-state index contributed by atoms with van der Waals surface area (Å²) in [6.45, 7) is 0.899. The highest BCUT2D eigenvalue weighted by atomic mass is 32.2. The van der Waals surface area contributed by atoms with Crippen molar-refractivity contribution in [2.75, 3.05) is 19.5 Å². The van der Waals surface area contributed by atoms with Gasteiger partial charge in [0.05, 0.1) is 0 Å². The molecule has 0 unspecified atom stereocenters. The van der Waals surface area contributed by atoms with Crippen molar-refractivity contribution >= 4 is 16.9 Å². The van der Waals surface area contributed by atoms with E-state index in [0.29, 0.717) is 5.17 Å².